The van der Waals surface area contributed by atoms with Crippen molar-refractivity contribution in [1.82, 2.24) is 4.98 Å². The van der Waals surface area contributed by atoms with Crippen molar-refractivity contribution in [2.75, 3.05) is 31.2 Å². The Morgan fingerprint density at radius 1 is 1.12 bits per heavy atom. The zero-order valence-electron chi connectivity index (χ0n) is 14.6. The molecule has 6 heteroatoms. The van der Waals surface area contributed by atoms with Gasteiger partial charge in [0.1, 0.15) is 12.3 Å². The van der Waals surface area contributed by atoms with Gasteiger partial charge >= 0.3 is 5.97 Å². The van der Waals surface area contributed by atoms with Gasteiger partial charge in [0.05, 0.1) is 13.2 Å². The molecule has 4 rings (SSSR count). The Morgan fingerprint density at radius 2 is 1.85 bits per heavy atom. The summed E-state index contributed by atoms with van der Waals surface area (Å²) in [6.45, 7) is 3.23. The molecule has 1 aromatic heterocycles. The van der Waals surface area contributed by atoms with Crippen LogP contribution in [0.2, 0.25) is 0 Å². The summed E-state index contributed by atoms with van der Waals surface area (Å²) in [5, 5.41) is 0. The van der Waals surface area contributed by atoms with E-state index in [1.165, 1.54) is 0 Å². The first kappa shape index (κ1) is 17.0. The van der Waals surface area contributed by atoms with Gasteiger partial charge in [0, 0.05) is 37.8 Å². The van der Waals surface area contributed by atoms with E-state index >= 15 is 0 Å². The van der Waals surface area contributed by atoms with Gasteiger partial charge in [-0.3, -0.25) is 0 Å². The van der Waals surface area contributed by atoms with Crippen molar-refractivity contribution in [3.05, 3.63) is 59.9 Å². The summed E-state index contributed by atoms with van der Waals surface area (Å²) in [7, 11) is 0. The zero-order valence-corrected chi connectivity index (χ0v) is 14.6. The molecular weight excluding hydrogens is 332 g/mol. The van der Waals surface area contributed by atoms with E-state index in [0.29, 0.717) is 18.9 Å². The summed E-state index contributed by atoms with van der Waals surface area (Å²) in [5.41, 5.74) is 2.25. The lowest BCUT2D eigenvalue weighted by atomic mass is 10.0. The monoisotopic (exact) mass is 354 g/mol. The van der Waals surface area contributed by atoms with Gasteiger partial charge in [-0.1, -0.05) is 30.3 Å². The minimum atomic E-state index is -0.411. The molecule has 2 aromatic rings. The number of hydrogen-bond donors (Lipinski definition) is 0. The number of nitrogens with zero attached hydrogens (tertiary/aromatic N) is 2. The van der Waals surface area contributed by atoms with Crippen molar-refractivity contribution < 1.29 is 19.0 Å². The average molecular weight is 354 g/mol. The molecule has 1 spiro atoms. The van der Waals surface area contributed by atoms with Gasteiger partial charge in [-0.2, -0.15) is 0 Å². The van der Waals surface area contributed by atoms with Gasteiger partial charge in [-0.15, -0.1) is 0 Å². The van der Waals surface area contributed by atoms with Gasteiger partial charge in [0.25, 0.3) is 0 Å². The van der Waals surface area contributed by atoms with Crippen LogP contribution in [0, 0.1) is 0 Å². The lowest BCUT2D eigenvalue weighted by Crippen LogP contribution is -2.45. The molecule has 136 valence electrons. The number of aromatic nitrogens is 1. The summed E-state index contributed by atoms with van der Waals surface area (Å²) in [4.78, 5) is 18.7. The minimum absolute atomic E-state index is 0.243. The third kappa shape index (κ3) is 3.71. The Bertz CT molecular complexity index is 749. The molecule has 0 atom stereocenters. The van der Waals surface area contributed by atoms with Gasteiger partial charge in [-0.25, -0.2) is 9.78 Å². The van der Waals surface area contributed by atoms with Crippen LogP contribution in [0.1, 0.15) is 28.9 Å². The molecule has 0 aliphatic carbocycles. The highest BCUT2D eigenvalue weighted by molar-refractivity contribution is 5.88. The summed E-state index contributed by atoms with van der Waals surface area (Å²) in [6, 6.07) is 13.3. The normalized spacial score (nSPS) is 18.8. The lowest BCUT2D eigenvalue weighted by Gasteiger charge is -2.38. The second-order valence-corrected chi connectivity index (χ2v) is 6.56. The Morgan fingerprint density at radius 3 is 2.58 bits per heavy atom. The summed E-state index contributed by atoms with van der Waals surface area (Å²) < 4.78 is 16.9. The van der Waals surface area contributed by atoms with Gasteiger partial charge in [0.15, 0.2) is 5.79 Å². The van der Waals surface area contributed by atoms with Gasteiger partial charge in [0.2, 0.25) is 0 Å². The molecule has 0 bridgehead atoms. The standard InChI is InChI=1S/C20H22N2O4/c23-19(24-15-16-4-2-1-3-5-16)18-14-17(6-9-21-18)22-10-7-20(8-11-22)25-12-13-26-20/h1-6,9,14H,7-8,10-13,15H2. The summed E-state index contributed by atoms with van der Waals surface area (Å²) in [6.07, 6.45) is 3.30. The maximum Gasteiger partial charge on any atom is 0.357 e. The van der Waals surface area contributed by atoms with Crippen LogP contribution in [0.25, 0.3) is 0 Å². The quantitative estimate of drug-likeness (QED) is 0.787. The van der Waals surface area contributed by atoms with Crippen molar-refractivity contribution >= 4 is 11.7 Å². The van der Waals surface area contributed by atoms with Gasteiger partial charge in [-0.05, 0) is 17.7 Å². The van der Waals surface area contributed by atoms with E-state index in [1.807, 2.05) is 36.4 Å². The SMILES string of the molecule is O=C(OCc1ccccc1)c1cc(N2CCC3(CC2)OCCO3)ccn1. The third-order valence-corrected chi connectivity index (χ3v) is 4.87. The molecular formula is C20H22N2O4. The Hall–Kier alpha value is -2.44. The molecule has 0 radical (unpaired) electrons. The fraction of sp³-hybridized carbons (Fsp3) is 0.400. The predicted octanol–water partition coefficient (Wildman–Crippen LogP) is 2.78. The number of carbonyl (C=O) groups excluding carboxylic acids is 1. The molecule has 6 nitrogen and oxygen atoms in total. The first-order chi connectivity index (χ1) is 12.7. The second-order valence-electron chi connectivity index (χ2n) is 6.56. The molecule has 3 heterocycles. The van der Waals surface area contributed by atoms with E-state index in [9.17, 15) is 4.79 Å². The number of benzene rings is 1. The van der Waals surface area contributed by atoms with Crippen LogP contribution < -0.4 is 4.90 Å². The predicted molar refractivity (Wildman–Crippen MR) is 95.9 cm³/mol. The van der Waals surface area contributed by atoms with Crippen LogP contribution >= 0.6 is 0 Å². The summed E-state index contributed by atoms with van der Waals surface area (Å²) in [5.74, 6) is -0.812. The van der Waals surface area contributed by atoms with Crippen molar-refractivity contribution in [1.29, 1.82) is 0 Å². The Balaban J connectivity index is 1.38. The van der Waals surface area contributed by atoms with Crippen LogP contribution in [0.5, 0.6) is 0 Å². The van der Waals surface area contributed by atoms with Crippen LogP contribution in [0.3, 0.4) is 0 Å². The molecule has 0 N–H and O–H groups in total. The smallest absolute Gasteiger partial charge is 0.357 e. The lowest BCUT2D eigenvalue weighted by molar-refractivity contribution is -0.169. The largest absolute Gasteiger partial charge is 0.456 e. The van der Waals surface area contributed by atoms with Crippen LogP contribution in [-0.2, 0) is 20.8 Å². The topological polar surface area (TPSA) is 60.9 Å². The summed E-state index contributed by atoms with van der Waals surface area (Å²) >= 11 is 0. The zero-order chi connectivity index (χ0) is 17.8. The Kier molecular flexibility index (Phi) is 4.86. The highest BCUT2D eigenvalue weighted by atomic mass is 16.7. The van der Waals surface area contributed by atoms with E-state index < -0.39 is 11.8 Å². The highest BCUT2D eigenvalue weighted by Gasteiger charge is 2.39. The Labute approximate surface area is 152 Å². The van der Waals surface area contributed by atoms with Crippen LogP contribution in [0.4, 0.5) is 5.69 Å². The number of rotatable bonds is 4. The molecule has 2 saturated heterocycles. The number of hydrogen-bond acceptors (Lipinski definition) is 6. The molecule has 26 heavy (non-hydrogen) atoms. The number of ether oxygens (including phenoxy) is 3. The molecule has 2 fully saturated rings. The minimum Gasteiger partial charge on any atom is -0.456 e. The third-order valence-electron chi connectivity index (χ3n) is 4.87. The second kappa shape index (κ2) is 7.43. The first-order valence-electron chi connectivity index (χ1n) is 8.94. The van der Waals surface area contributed by atoms with E-state index in [-0.39, 0.29) is 6.61 Å². The van der Waals surface area contributed by atoms with Crippen molar-refractivity contribution in [3.8, 4) is 0 Å². The number of carbonyl (C=O) groups is 1. The van der Waals surface area contributed by atoms with E-state index in [1.54, 1.807) is 12.3 Å². The highest BCUT2D eigenvalue weighted by Crippen LogP contribution is 2.33. The number of anilines is 1. The van der Waals surface area contributed by atoms with Crippen molar-refractivity contribution in [2.24, 2.45) is 0 Å². The van der Waals surface area contributed by atoms with Crippen molar-refractivity contribution in [3.63, 3.8) is 0 Å². The average Bonchev–Trinajstić information content (AvgIpc) is 3.15. The fourth-order valence-corrected chi connectivity index (χ4v) is 3.42. The van der Waals surface area contributed by atoms with E-state index in [4.69, 9.17) is 14.2 Å². The molecule has 0 saturated carbocycles. The molecule has 0 unspecified atom stereocenters. The maximum atomic E-state index is 12.3. The number of piperidine rings is 1. The maximum absolute atomic E-state index is 12.3. The first-order valence-corrected chi connectivity index (χ1v) is 8.94. The van der Waals surface area contributed by atoms with E-state index in [2.05, 4.69) is 9.88 Å². The molecule has 2 aliphatic heterocycles. The van der Waals surface area contributed by atoms with E-state index in [0.717, 1.165) is 37.2 Å². The number of esters is 1. The molecule has 2 aliphatic rings. The molecule has 0 amide bonds. The van der Waals surface area contributed by atoms with Crippen LogP contribution in [-0.4, -0.2) is 43.0 Å². The molecule has 1 aromatic carbocycles. The number of pyridine rings is 1. The van der Waals surface area contributed by atoms with Crippen molar-refractivity contribution in [2.45, 2.75) is 25.2 Å². The fourth-order valence-electron chi connectivity index (χ4n) is 3.42. The van der Waals surface area contributed by atoms with Gasteiger partial charge < -0.3 is 19.1 Å². The van der Waals surface area contributed by atoms with Crippen LogP contribution in [0.15, 0.2) is 48.7 Å².